The molecule has 0 bridgehead atoms. The van der Waals surface area contributed by atoms with Gasteiger partial charge in [0.1, 0.15) is 0 Å². The maximum atomic E-state index is 6.27. The van der Waals surface area contributed by atoms with E-state index in [9.17, 15) is 0 Å². The van der Waals surface area contributed by atoms with Gasteiger partial charge in [-0.05, 0) is 38.0 Å². The third kappa shape index (κ3) is 2.48. The van der Waals surface area contributed by atoms with Crippen molar-refractivity contribution >= 4 is 0 Å². The van der Waals surface area contributed by atoms with Crippen LogP contribution in [0.15, 0.2) is 47.7 Å². The van der Waals surface area contributed by atoms with Crippen LogP contribution in [-0.4, -0.2) is 18.8 Å². The van der Waals surface area contributed by atoms with Crippen molar-refractivity contribution in [3.05, 3.63) is 47.7 Å². The molecule has 2 aliphatic heterocycles. The summed E-state index contributed by atoms with van der Waals surface area (Å²) in [6, 6.07) is 0.521. The molecular weight excluding hydrogens is 270 g/mol. The number of piperidine rings is 1. The molecule has 0 spiro atoms. The number of fused-ring (bicyclic) bond motifs is 3. The molecule has 0 saturated carbocycles. The summed E-state index contributed by atoms with van der Waals surface area (Å²) in [7, 11) is 0. The molecule has 2 aliphatic carbocycles. The van der Waals surface area contributed by atoms with Crippen LogP contribution < -0.4 is 5.32 Å². The van der Waals surface area contributed by atoms with Gasteiger partial charge in [0.2, 0.25) is 0 Å². The molecule has 5 atom stereocenters. The SMILES string of the molecule is CCC1C=C2C(=CC1)NC(C1C=CC=CC1)C1CCCOC21. The van der Waals surface area contributed by atoms with E-state index in [0.717, 1.165) is 13.0 Å². The molecule has 1 N–H and O–H groups in total. The molecule has 0 amide bonds. The molecule has 0 aromatic heterocycles. The zero-order valence-corrected chi connectivity index (χ0v) is 13.5. The number of allylic oxidation sites excluding steroid dienone is 5. The highest BCUT2D eigenvalue weighted by Crippen LogP contribution is 2.42. The summed E-state index contributed by atoms with van der Waals surface area (Å²) in [6.07, 6.45) is 20.4. The smallest absolute Gasteiger partial charge is 0.0889 e. The van der Waals surface area contributed by atoms with Gasteiger partial charge in [0.15, 0.2) is 0 Å². The third-order valence-electron chi connectivity index (χ3n) is 5.81. The normalized spacial score (nSPS) is 40.1. The van der Waals surface area contributed by atoms with E-state index in [1.165, 1.54) is 37.0 Å². The van der Waals surface area contributed by atoms with Crippen LogP contribution >= 0.6 is 0 Å². The average molecular weight is 297 g/mol. The first-order chi connectivity index (χ1) is 10.9. The Kier molecular flexibility index (Phi) is 3.96. The molecule has 0 radical (unpaired) electrons. The fraction of sp³-hybridized carbons (Fsp3) is 0.600. The van der Waals surface area contributed by atoms with Crippen LogP contribution in [0.5, 0.6) is 0 Å². The van der Waals surface area contributed by atoms with Crippen molar-refractivity contribution in [1.29, 1.82) is 0 Å². The van der Waals surface area contributed by atoms with Gasteiger partial charge in [0.05, 0.1) is 6.10 Å². The maximum Gasteiger partial charge on any atom is 0.0889 e. The van der Waals surface area contributed by atoms with E-state index in [2.05, 4.69) is 48.7 Å². The number of hydrogen-bond acceptors (Lipinski definition) is 2. The summed E-state index contributed by atoms with van der Waals surface area (Å²) in [5, 5.41) is 3.90. The molecule has 5 unspecified atom stereocenters. The first-order valence-electron chi connectivity index (χ1n) is 9.00. The second-order valence-corrected chi connectivity index (χ2v) is 7.12. The number of ether oxygens (including phenoxy) is 1. The topological polar surface area (TPSA) is 21.3 Å². The van der Waals surface area contributed by atoms with Gasteiger partial charge < -0.3 is 10.1 Å². The minimum atomic E-state index is 0.319. The Morgan fingerprint density at radius 3 is 3.05 bits per heavy atom. The lowest BCUT2D eigenvalue weighted by Crippen LogP contribution is -2.54. The average Bonchev–Trinajstić information content (AvgIpc) is 2.61. The molecule has 118 valence electrons. The lowest BCUT2D eigenvalue weighted by Gasteiger charge is -2.48. The summed E-state index contributed by atoms with van der Waals surface area (Å²) >= 11 is 0. The van der Waals surface area contributed by atoms with Gasteiger partial charge in [-0.25, -0.2) is 0 Å². The zero-order valence-electron chi connectivity index (χ0n) is 13.5. The van der Waals surface area contributed by atoms with Crippen LogP contribution in [0, 0.1) is 17.8 Å². The second-order valence-electron chi connectivity index (χ2n) is 7.12. The molecule has 0 aromatic rings. The molecule has 2 saturated heterocycles. The third-order valence-corrected chi connectivity index (χ3v) is 5.81. The lowest BCUT2D eigenvalue weighted by molar-refractivity contribution is -0.0294. The Morgan fingerprint density at radius 1 is 1.27 bits per heavy atom. The standard InChI is InChI=1S/C20H27NO/c1-2-14-10-11-18-17(13-14)20-16(9-6-12-22-20)19(21-18)15-7-4-3-5-8-15/h3-5,7,11,13-16,19-21H,2,6,8-10,12H2,1H3. The lowest BCUT2D eigenvalue weighted by atomic mass is 9.71. The van der Waals surface area contributed by atoms with Crippen molar-refractivity contribution < 1.29 is 4.74 Å². The van der Waals surface area contributed by atoms with E-state index in [1.54, 1.807) is 0 Å². The highest BCUT2D eigenvalue weighted by atomic mass is 16.5. The van der Waals surface area contributed by atoms with Gasteiger partial charge in [0.25, 0.3) is 0 Å². The van der Waals surface area contributed by atoms with Gasteiger partial charge >= 0.3 is 0 Å². The fourth-order valence-electron chi connectivity index (χ4n) is 4.54. The summed E-state index contributed by atoms with van der Waals surface area (Å²) in [5.41, 5.74) is 2.81. The van der Waals surface area contributed by atoms with Crippen LogP contribution in [0.3, 0.4) is 0 Å². The van der Waals surface area contributed by atoms with Gasteiger partial charge in [-0.3, -0.25) is 0 Å². The molecule has 2 nitrogen and oxygen atoms in total. The Hall–Kier alpha value is -1.28. The molecule has 2 heterocycles. The van der Waals surface area contributed by atoms with Gasteiger partial charge in [-0.15, -0.1) is 0 Å². The number of rotatable bonds is 2. The quantitative estimate of drug-likeness (QED) is 0.827. The summed E-state index contributed by atoms with van der Waals surface area (Å²) in [6.45, 7) is 3.22. The van der Waals surface area contributed by atoms with Crippen molar-refractivity contribution in [2.24, 2.45) is 17.8 Å². The monoisotopic (exact) mass is 297 g/mol. The number of hydrogen-bond donors (Lipinski definition) is 1. The van der Waals surface area contributed by atoms with E-state index < -0.39 is 0 Å². The largest absolute Gasteiger partial charge is 0.381 e. The molecule has 0 aromatic carbocycles. The van der Waals surface area contributed by atoms with Crippen LogP contribution in [0.1, 0.15) is 39.0 Å². The van der Waals surface area contributed by atoms with Crippen molar-refractivity contribution in [2.75, 3.05) is 6.61 Å². The minimum absolute atomic E-state index is 0.319. The zero-order chi connectivity index (χ0) is 14.9. The second kappa shape index (κ2) is 6.08. The van der Waals surface area contributed by atoms with E-state index in [4.69, 9.17) is 4.74 Å². The van der Waals surface area contributed by atoms with E-state index in [1.807, 2.05) is 0 Å². The van der Waals surface area contributed by atoms with Gasteiger partial charge in [0, 0.05) is 35.8 Å². The van der Waals surface area contributed by atoms with Gasteiger partial charge in [-0.1, -0.05) is 43.4 Å². The Bertz CT molecular complexity index is 542. The van der Waals surface area contributed by atoms with Gasteiger partial charge in [-0.2, -0.15) is 0 Å². The fourth-order valence-corrected chi connectivity index (χ4v) is 4.54. The van der Waals surface area contributed by atoms with Crippen LogP contribution in [-0.2, 0) is 4.74 Å². The predicted octanol–water partition coefficient (Wildman–Crippen LogP) is 4.13. The van der Waals surface area contributed by atoms with E-state index in [0.29, 0.717) is 29.9 Å². The Morgan fingerprint density at radius 2 is 2.23 bits per heavy atom. The summed E-state index contributed by atoms with van der Waals surface area (Å²) in [4.78, 5) is 0. The van der Waals surface area contributed by atoms with E-state index >= 15 is 0 Å². The highest BCUT2D eigenvalue weighted by molar-refractivity contribution is 5.41. The molecule has 2 fully saturated rings. The molecule has 4 rings (SSSR count). The van der Waals surface area contributed by atoms with E-state index in [-0.39, 0.29) is 0 Å². The summed E-state index contributed by atoms with van der Waals surface area (Å²) in [5.74, 6) is 1.92. The van der Waals surface area contributed by atoms with Crippen LogP contribution in [0.4, 0.5) is 0 Å². The summed E-state index contributed by atoms with van der Waals surface area (Å²) < 4.78 is 6.27. The van der Waals surface area contributed by atoms with Crippen LogP contribution in [0.25, 0.3) is 0 Å². The maximum absolute atomic E-state index is 6.27. The number of nitrogens with one attached hydrogen (secondary N) is 1. The molecular formula is C20H27NO. The Labute approximate surface area is 134 Å². The minimum Gasteiger partial charge on any atom is -0.381 e. The Balaban J connectivity index is 1.64. The van der Waals surface area contributed by atoms with Crippen LogP contribution in [0.2, 0.25) is 0 Å². The van der Waals surface area contributed by atoms with Crippen molar-refractivity contribution in [1.82, 2.24) is 5.32 Å². The van der Waals surface area contributed by atoms with Crippen molar-refractivity contribution in [2.45, 2.75) is 51.2 Å². The molecule has 22 heavy (non-hydrogen) atoms. The first-order valence-corrected chi connectivity index (χ1v) is 9.00. The van der Waals surface area contributed by atoms with Crippen molar-refractivity contribution in [3.8, 4) is 0 Å². The molecule has 4 aliphatic rings. The predicted molar refractivity (Wildman–Crippen MR) is 90.3 cm³/mol. The first kappa shape index (κ1) is 14.3. The van der Waals surface area contributed by atoms with Crippen molar-refractivity contribution in [3.63, 3.8) is 0 Å². The molecule has 2 heteroatoms. The highest BCUT2D eigenvalue weighted by Gasteiger charge is 2.43.